The summed E-state index contributed by atoms with van der Waals surface area (Å²) in [4.78, 5) is 53.6. The fraction of sp³-hybridized carbons (Fsp3) is 0.567. The first-order valence-corrected chi connectivity index (χ1v) is 14.6. The fourth-order valence-electron chi connectivity index (χ4n) is 4.77. The quantitative estimate of drug-likeness (QED) is 0.371. The minimum Gasteiger partial charge on any atom is -0.477 e. The predicted octanol–water partition coefficient (Wildman–Crippen LogP) is 0.705. The summed E-state index contributed by atoms with van der Waals surface area (Å²) in [7, 11) is 3.06. The van der Waals surface area contributed by atoms with E-state index in [0.717, 1.165) is 31.2 Å². The second-order valence-corrected chi connectivity index (χ2v) is 11.0. The Balaban J connectivity index is 1.53. The first kappa shape index (κ1) is 32.1. The molecule has 13 heteroatoms. The maximum Gasteiger partial charge on any atom is 0.259 e. The van der Waals surface area contributed by atoms with Crippen molar-refractivity contribution in [2.24, 2.45) is 7.05 Å². The summed E-state index contributed by atoms with van der Waals surface area (Å²) >= 11 is 0. The van der Waals surface area contributed by atoms with E-state index in [1.807, 2.05) is 30.3 Å². The predicted molar refractivity (Wildman–Crippen MR) is 154 cm³/mol. The molecule has 2 aromatic rings. The highest BCUT2D eigenvalue weighted by molar-refractivity contribution is 6.00. The van der Waals surface area contributed by atoms with Gasteiger partial charge in [0.2, 0.25) is 17.7 Å². The molecule has 234 valence electrons. The van der Waals surface area contributed by atoms with Crippen LogP contribution >= 0.6 is 0 Å². The zero-order valence-corrected chi connectivity index (χ0v) is 24.9. The van der Waals surface area contributed by atoms with Crippen LogP contribution in [0.25, 0.3) is 0 Å². The Bertz CT molecular complexity index is 1260. The molecule has 43 heavy (non-hydrogen) atoms. The Hall–Kier alpha value is -3.81. The summed E-state index contributed by atoms with van der Waals surface area (Å²) in [5, 5.41) is 12.3. The summed E-state index contributed by atoms with van der Waals surface area (Å²) in [6, 6.07) is 6.16. The van der Waals surface area contributed by atoms with Crippen LogP contribution in [-0.4, -0.2) is 97.2 Å². The molecular formula is C30H41N5O8. The van der Waals surface area contributed by atoms with Crippen molar-refractivity contribution in [3.05, 3.63) is 47.7 Å². The maximum absolute atomic E-state index is 13.6. The normalized spacial score (nSPS) is 24.3. The molecule has 1 aromatic carbocycles. The lowest BCUT2D eigenvalue weighted by Gasteiger charge is -2.26. The van der Waals surface area contributed by atoms with Crippen molar-refractivity contribution >= 4 is 23.5 Å². The second-order valence-electron chi connectivity index (χ2n) is 11.0. The van der Waals surface area contributed by atoms with Gasteiger partial charge in [-0.15, -0.1) is 0 Å². The molecule has 0 saturated carbocycles. The monoisotopic (exact) mass is 599 g/mol. The lowest BCUT2D eigenvalue weighted by molar-refractivity contribution is -0.134. The summed E-state index contributed by atoms with van der Waals surface area (Å²) in [6.45, 7) is 2.46. The molecule has 4 rings (SSSR count). The summed E-state index contributed by atoms with van der Waals surface area (Å²) in [5.74, 6) is -1.77. The van der Waals surface area contributed by atoms with Crippen molar-refractivity contribution in [1.82, 2.24) is 25.7 Å². The summed E-state index contributed by atoms with van der Waals surface area (Å²) in [6.07, 6.45) is 4.89. The third-order valence-electron chi connectivity index (χ3n) is 7.44. The first-order valence-electron chi connectivity index (χ1n) is 14.6. The summed E-state index contributed by atoms with van der Waals surface area (Å²) in [5.41, 5.74) is 0.0755. The molecule has 0 bridgehead atoms. The average Bonchev–Trinajstić information content (AvgIpc) is 3.64. The van der Waals surface area contributed by atoms with Crippen LogP contribution in [0.2, 0.25) is 0 Å². The molecule has 4 atom stereocenters. The van der Waals surface area contributed by atoms with Gasteiger partial charge in [-0.25, -0.2) is 4.68 Å². The van der Waals surface area contributed by atoms with Crippen LogP contribution in [0.1, 0.15) is 48.5 Å². The lowest BCUT2D eigenvalue weighted by atomic mass is 9.94. The van der Waals surface area contributed by atoms with Gasteiger partial charge in [0, 0.05) is 20.8 Å². The first-order chi connectivity index (χ1) is 20.7. The number of nitrogens with zero attached hydrogens (tertiary/aromatic N) is 2. The number of rotatable bonds is 8. The Morgan fingerprint density at radius 3 is 2.56 bits per heavy atom. The van der Waals surface area contributed by atoms with Gasteiger partial charge in [0.1, 0.15) is 23.2 Å². The van der Waals surface area contributed by atoms with Crippen molar-refractivity contribution < 1.29 is 38.1 Å². The largest absolute Gasteiger partial charge is 0.477 e. The number of methoxy groups -OCH3 is 1. The van der Waals surface area contributed by atoms with E-state index >= 15 is 0 Å². The molecule has 3 heterocycles. The molecule has 13 nitrogen and oxygen atoms in total. The highest BCUT2D eigenvalue weighted by Crippen LogP contribution is 2.29. The number of hydrogen-bond acceptors (Lipinski definition) is 9. The molecule has 0 unspecified atom stereocenters. The van der Waals surface area contributed by atoms with Gasteiger partial charge in [0.25, 0.3) is 5.91 Å². The Morgan fingerprint density at radius 2 is 1.86 bits per heavy atom. The van der Waals surface area contributed by atoms with E-state index in [0.29, 0.717) is 19.1 Å². The molecule has 1 saturated heterocycles. The van der Waals surface area contributed by atoms with Crippen LogP contribution in [0.15, 0.2) is 36.5 Å². The number of nitrogens with one attached hydrogen (secondary N) is 3. The number of carbonyl (C=O) groups excluding carboxylic acids is 4. The van der Waals surface area contributed by atoms with Gasteiger partial charge < -0.3 is 34.9 Å². The van der Waals surface area contributed by atoms with Gasteiger partial charge >= 0.3 is 0 Å². The molecule has 1 fully saturated rings. The Morgan fingerprint density at radius 1 is 1.14 bits per heavy atom. The van der Waals surface area contributed by atoms with E-state index in [1.165, 1.54) is 18.0 Å². The molecule has 0 spiro atoms. The molecule has 0 aliphatic carbocycles. The highest BCUT2D eigenvalue weighted by atomic mass is 16.6. The zero-order valence-electron chi connectivity index (χ0n) is 24.9. The molecule has 1 aromatic heterocycles. The van der Waals surface area contributed by atoms with Crippen LogP contribution in [0.4, 0.5) is 0 Å². The van der Waals surface area contributed by atoms with E-state index in [1.54, 1.807) is 14.0 Å². The SMILES string of the molecule is COC[C@@H]1NC(=O)c2cnn(C)c2OCCCCCCOC[C@@H](C(=O)N[C@@H](Cc2ccccc2)C(=O)[C@@]2(C)CO2)NC1=O. The van der Waals surface area contributed by atoms with E-state index in [4.69, 9.17) is 18.9 Å². The number of amides is 3. The van der Waals surface area contributed by atoms with Crippen molar-refractivity contribution in [2.45, 2.75) is 62.8 Å². The maximum atomic E-state index is 13.6. The Kier molecular flexibility index (Phi) is 11.3. The summed E-state index contributed by atoms with van der Waals surface area (Å²) < 4.78 is 23.7. The van der Waals surface area contributed by atoms with Crippen molar-refractivity contribution in [3.8, 4) is 5.88 Å². The lowest BCUT2D eigenvalue weighted by Crippen LogP contribution is -2.59. The van der Waals surface area contributed by atoms with Crippen molar-refractivity contribution in [1.29, 1.82) is 0 Å². The molecular weight excluding hydrogens is 558 g/mol. The molecule has 2 aliphatic heterocycles. The van der Waals surface area contributed by atoms with Gasteiger partial charge in [-0.05, 0) is 38.2 Å². The number of carbonyl (C=O) groups is 4. The molecule has 0 radical (unpaired) electrons. The number of ketones is 1. The van der Waals surface area contributed by atoms with E-state index in [2.05, 4.69) is 21.0 Å². The number of Topliss-reactive ketones (excluding diaryl/α,β-unsaturated/α-hetero) is 1. The second kappa shape index (κ2) is 15.1. The fourth-order valence-corrected chi connectivity index (χ4v) is 4.77. The molecule has 3 N–H and O–H groups in total. The van der Waals surface area contributed by atoms with Gasteiger partial charge in [-0.1, -0.05) is 36.8 Å². The molecule has 3 amide bonds. The van der Waals surface area contributed by atoms with Gasteiger partial charge in [0.05, 0.1) is 38.7 Å². The van der Waals surface area contributed by atoms with Crippen LogP contribution in [0.5, 0.6) is 5.88 Å². The molecule has 2 aliphatic rings. The number of epoxide rings is 1. The average molecular weight is 600 g/mol. The minimum absolute atomic E-state index is 0.124. The minimum atomic E-state index is -1.14. The zero-order chi connectivity index (χ0) is 30.8. The van der Waals surface area contributed by atoms with Crippen LogP contribution in [0.3, 0.4) is 0 Å². The van der Waals surface area contributed by atoms with Crippen molar-refractivity contribution in [3.63, 3.8) is 0 Å². The van der Waals surface area contributed by atoms with E-state index in [-0.39, 0.29) is 37.6 Å². The Labute approximate surface area is 250 Å². The highest BCUT2D eigenvalue weighted by Gasteiger charge is 2.50. The van der Waals surface area contributed by atoms with Crippen LogP contribution < -0.4 is 20.7 Å². The number of benzene rings is 1. The standard InChI is InChI=1S/C30H41N5O8/c1-30(19-43-30)25(36)22(15-20-11-7-6-8-12-20)32-28(39)24-18-41-13-9-4-5-10-14-42-29-21(16-31-35(29)2)26(37)33-23(17-40-3)27(38)34-24/h6-8,11-12,16,22-24H,4-5,9-10,13-15,17-19H2,1-3H3,(H,32,39)(H,33,37)(H,34,38)/t22-,23-,24-,30+/m0/s1. The van der Waals surface area contributed by atoms with Crippen LogP contribution in [0, 0.1) is 0 Å². The van der Waals surface area contributed by atoms with E-state index in [9.17, 15) is 19.2 Å². The number of ether oxygens (including phenoxy) is 4. The van der Waals surface area contributed by atoms with Gasteiger partial charge in [-0.3, -0.25) is 19.2 Å². The van der Waals surface area contributed by atoms with Crippen LogP contribution in [-0.2, 0) is 42.1 Å². The third kappa shape index (κ3) is 8.85. The number of aryl methyl sites for hydroxylation is 1. The number of hydrogen-bond donors (Lipinski definition) is 3. The number of aromatic nitrogens is 2. The van der Waals surface area contributed by atoms with E-state index < -0.39 is 41.4 Å². The topological polar surface area (TPSA) is 162 Å². The smallest absolute Gasteiger partial charge is 0.259 e. The van der Waals surface area contributed by atoms with Crippen molar-refractivity contribution in [2.75, 3.05) is 40.1 Å². The van der Waals surface area contributed by atoms with Gasteiger partial charge in [-0.2, -0.15) is 5.10 Å². The third-order valence-corrected chi connectivity index (χ3v) is 7.44. The van der Waals surface area contributed by atoms with Gasteiger partial charge in [0.15, 0.2) is 5.78 Å². The number of fused-ring (bicyclic) bond motifs is 1.